The molecule has 0 aliphatic rings. The van der Waals surface area contributed by atoms with Crippen molar-refractivity contribution in [1.82, 2.24) is 0 Å². The summed E-state index contributed by atoms with van der Waals surface area (Å²) in [5.74, 6) is 0.389. The highest BCUT2D eigenvalue weighted by molar-refractivity contribution is 9.10. The topological polar surface area (TPSA) is 20.3 Å². The summed E-state index contributed by atoms with van der Waals surface area (Å²) in [6.45, 7) is 4.05. The molecule has 0 aliphatic heterocycles. The highest BCUT2D eigenvalue weighted by Crippen LogP contribution is 2.19. The van der Waals surface area contributed by atoms with Crippen molar-refractivity contribution in [3.63, 3.8) is 0 Å². The van der Waals surface area contributed by atoms with Crippen LogP contribution in [0.5, 0.6) is 0 Å². The number of benzene rings is 1. The summed E-state index contributed by atoms with van der Waals surface area (Å²) in [6, 6.07) is 9.65. The molecule has 0 saturated carbocycles. The maximum absolute atomic E-state index is 12.0. The lowest BCUT2D eigenvalue weighted by atomic mass is 10.1. The Bertz CT molecular complexity index is 324. The van der Waals surface area contributed by atoms with E-state index in [2.05, 4.69) is 15.9 Å². The fourth-order valence-corrected chi connectivity index (χ4v) is 1.56. The van der Waals surface area contributed by atoms with Crippen molar-refractivity contribution in [3.05, 3.63) is 30.3 Å². The molecular formula is C12H16BrNO. The van der Waals surface area contributed by atoms with E-state index in [1.165, 1.54) is 0 Å². The zero-order valence-corrected chi connectivity index (χ0v) is 10.9. The Kier molecular flexibility index (Phi) is 4.33. The number of amides is 1. The van der Waals surface area contributed by atoms with E-state index in [9.17, 15) is 4.79 Å². The van der Waals surface area contributed by atoms with Crippen LogP contribution in [0, 0.1) is 5.92 Å². The van der Waals surface area contributed by atoms with Crippen LogP contribution in [0.4, 0.5) is 5.69 Å². The molecule has 2 nitrogen and oxygen atoms in total. The number of carbonyl (C=O) groups excluding carboxylic acids is 1. The Morgan fingerprint density at radius 1 is 1.27 bits per heavy atom. The van der Waals surface area contributed by atoms with E-state index in [-0.39, 0.29) is 10.7 Å². The van der Waals surface area contributed by atoms with Crippen LogP contribution in [0.25, 0.3) is 0 Å². The lowest BCUT2D eigenvalue weighted by molar-refractivity contribution is -0.118. The summed E-state index contributed by atoms with van der Waals surface area (Å²) in [7, 11) is 1.80. The lowest BCUT2D eigenvalue weighted by Crippen LogP contribution is -2.35. The third-order valence-electron chi connectivity index (χ3n) is 2.30. The van der Waals surface area contributed by atoms with Gasteiger partial charge in [-0.15, -0.1) is 0 Å². The first-order chi connectivity index (χ1) is 7.04. The molecule has 0 spiro atoms. The van der Waals surface area contributed by atoms with Crippen LogP contribution in [0.15, 0.2) is 30.3 Å². The number of carbonyl (C=O) groups is 1. The van der Waals surface area contributed by atoms with E-state index in [1.807, 2.05) is 44.2 Å². The zero-order valence-electron chi connectivity index (χ0n) is 9.27. The van der Waals surface area contributed by atoms with Crippen LogP contribution < -0.4 is 4.90 Å². The number of para-hydroxylation sites is 1. The van der Waals surface area contributed by atoms with E-state index < -0.39 is 0 Å². The van der Waals surface area contributed by atoms with Gasteiger partial charge < -0.3 is 4.90 Å². The van der Waals surface area contributed by atoms with Gasteiger partial charge in [-0.25, -0.2) is 0 Å². The van der Waals surface area contributed by atoms with Crippen molar-refractivity contribution in [2.45, 2.75) is 18.7 Å². The van der Waals surface area contributed by atoms with Gasteiger partial charge in [0.1, 0.15) is 0 Å². The second-order valence-electron chi connectivity index (χ2n) is 3.88. The molecule has 1 atom stereocenters. The number of nitrogens with zero attached hydrogens (tertiary/aromatic N) is 1. The van der Waals surface area contributed by atoms with Crippen LogP contribution in [0.2, 0.25) is 0 Å². The SMILES string of the molecule is CC(C)C(Br)C(=O)N(C)c1ccccc1. The smallest absolute Gasteiger partial charge is 0.240 e. The maximum atomic E-state index is 12.0. The summed E-state index contributed by atoms with van der Waals surface area (Å²) in [4.78, 5) is 13.5. The van der Waals surface area contributed by atoms with E-state index >= 15 is 0 Å². The highest BCUT2D eigenvalue weighted by Gasteiger charge is 2.22. The average molecular weight is 270 g/mol. The van der Waals surface area contributed by atoms with Crippen molar-refractivity contribution in [2.75, 3.05) is 11.9 Å². The minimum Gasteiger partial charge on any atom is -0.315 e. The molecule has 15 heavy (non-hydrogen) atoms. The minimum atomic E-state index is -0.122. The standard InChI is InChI=1S/C12H16BrNO/c1-9(2)11(13)12(15)14(3)10-7-5-4-6-8-10/h4-9,11H,1-3H3. The van der Waals surface area contributed by atoms with Crippen molar-refractivity contribution in [1.29, 1.82) is 0 Å². The molecule has 3 heteroatoms. The summed E-state index contributed by atoms with van der Waals surface area (Å²) < 4.78 is 0. The zero-order chi connectivity index (χ0) is 11.4. The quantitative estimate of drug-likeness (QED) is 0.773. The number of anilines is 1. The van der Waals surface area contributed by atoms with E-state index in [4.69, 9.17) is 0 Å². The molecule has 0 fully saturated rings. The van der Waals surface area contributed by atoms with Gasteiger partial charge in [0, 0.05) is 12.7 Å². The molecule has 1 aromatic carbocycles. The van der Waals surface area contributed by atoms with Gasteiger partial charge in [0.05, 0.1) is 4.83 Å². The average Bonchev–Trinajstić information content (AvgIpc) is 2.27. The van der Waals surface area contributed by atoms with Gasteiger partial charge in [0.2, 0.25) is 5.91 Å². The molecular weight excluding hydrogens is 254 g/mol. The van der Waals surface area contributed by atoms with Gasteiger partial charge in [-0.2, -0.15) is 0 Å². The molecule has 82 valence electrons. The molecule has 1 unspecified atom stereocenters. The van der Waals surface area contributed by atoms with Crippen molar-refractivity contribution >= 4 is 27.5 Å². The predicted octanol–water partition coefficient (Wildman–Crippen LogP) is 3.07. The first-order valence-electron chi connectivity index (χ1n) is 5.00. The first-order valence-corrected chi connectivity index (χ1v) is 5.92. The third kappa shape index (κ3) is 3.06. The fraction of sp³-hybridized carbons (Fsp3) is 0.417. The van der Waals surface area contributed by atoms with Gasteiger partial charge in [-0.1, -0.05) is 48.0 Å². The molecule has 0 aliphatic carbocycles. The second kappa shape index (κ2) is 5.31. The largest absolute Gasteiger partial charge is 0.315 e. The minimum absolute atomic E-state index is 0.0937. The van der Waals surface area contributed by atoms with Crippen LogP contribution in [0.1, 0.15) is 13.8 Å². The molecule has 0 bridgehead atoms. The normalized spacial score (nSPS) is 12.6. The summed E-state index contributed by atoms with van der Waals surface area (Å²) in [5.41, 5.74) is 0.924. The Hall–Kier alpha value is -0.830. The van der Waals surface area contributed by atoms with Crippen LogP contribution in [-0.2, 0) is 4.79 Å². The van der Waals surface area contributed by atoms with Crippen LogP contribution in [-0.4, -0.2) is 17.8 Å². The molecule has 1 aromatic rings. The number of alkyl halides is 1. The molecule has 1 amide bonds. The summed E-state index contributed by atoms with van der Waals surface area (Å²) in [5, 5.41) is 0. The lowest BCUT2D eigenvalue weighted by Gasteiger charge is -2.22. The molecule has 0 heterocycles. The molecule has 1 rings (SSSR count). The number of hydrogen-bond acceptors (Lipinski definition) is 1. The van der Waals surface area contributed by atoms with Crippen LogP contribution >= 0.6 is 15.9 Å². The van der Waals surface area contributed by atoms with Crippen molar-refractivity contribution in [2.24, 2.45) is 5.92 Å². The van der Waals surface area contributed by atoms with Crippen molar-refractivity contribution < 1.29 is 4.79 Å². The van der Waals surface area contributed by atoms with Gasteiger partial charge in [-0.3, -0.25) is 4.79 Å². The molecule has 0 saturated heterocycles. The fourth-order valence-electron chi connectivity index (χ4n) is 1.25. The molecule has 0 aromatic heterocycles. The Morgan fingerprint density at radius 2 is 1.80 bits per heavy atom. The Balaban J connectivity index is 2.78. The molecule has 0 N–H and O–H groups in total. The number of hydrogen-bond donors (Lipinski definition) is 0. The van der Waals surface area contributed by atoms with Gasteiger partial charge in [-0.05, 0) is 18.1 Å². The first kappa shape index (κ1) is 12.2. The monoisotopic (exact) mass is 269 g/mol. The number of rotatable bonds is 3. The van der Waals surface area contributed by atoms with Crippen molar-refractivity contribution in [3.8, 4) is 0 Å². The maximum Gasteiger partial charge on any atom is 0.240 e. The highest BCUT2D eigenvalue weighted by atomic mass is 79.9. The van der Waals surface area contributed by atoms with Gasteiger partial charge >= 0.3 is 0 Å². The van der Waals surface area contributed by atoms with Gasteiger partial charge in [0.15, 0.2) is 0 Å². The predicted molar refractivity (Wildman–Crippen MR) is 67.4 cm³/mol. The van der Waals surface area contributed by atoms with Gasteiger partial charge in [0.25, 0.3) is 0 Å². The van der Waals surface area contributed by atoms with E-state index in [0.29, 0.717) is 5.92 Å². The Labute approximate surface area is 99.4 Å². The summed E-state index contributed by atoms with van der Waals surface area (Å²) >= 11 is 3.41. The Morgan fingerprint density at radius 3 is 2.27 bits per heavy atom. The van der Waals surface area contributed by atoms with E-state index in [0.717, 1.165) is 5.69 Å². The molecule has 0 radical (unpaired) electrons. The number of halogens is 1. The van der Waals surface area contributed by atoms with E-state index in [1.54, 1.807) is 11.9 Å². The third-order valence-corrected chi connectivity index (χ3v) is 3.74. The summed E-state index contributed by atoms with van der Waals surface area (Å²) in [6.07, 6.45) is 0. The second-order valence-corrected chi connectivity index (χ2v) is 4.87. The van der Waals surface area contributed by atoms with Crippen LogP contribution in [0.3, 0.4) is 0 Å².